The van der Waals surface area contributed by atoms with Crippen LogP contribution in [0.4, 0.5) is 0 Å². The summed E-state index contributed by atoms with van der Waals surface area (Å²) in [5.74, 6) is -1.14. The fourth-order valence-electron chi connectivity index (χ4n) is 2.32. The second-order valence-electron chi connectivity index (χ2n) is 4.67. The molecule has 2 rings (SSSR count). The molecule has 98 valence electrons. The van der Waals surface area contributed by atoms with E-state index in [0.29, 0.717) is 0 Å². The molecular formula is C14H18NO3-. The monoisotopic (exact) mass is 248 g/mol. The van der Waals surface area contributed by atoms with Crippen LogP contribution in [0.25, 0.3) is 0 Å². The molecule has 1 aliphatic heterocycles. The summed E-state index contributed by atoms with van der Waals surface area (Å²) in [4.78, 5) is 12.7. The number of piperidine rings is 1. The summed E-state index contributed by atoms with van der Waals surface area (Å²) in [5.41, 5.74) is 1.28. The molecule has 1 aromatic rings. The minimum atomic E-state index is -1.14. The molecule has 1 aliphatic rings. The summed E-state index contributed by atoms with van der Waals surface area (Å²) < 4.78 is 5.31. The Kier molecular flexibility index (Phi) is 4.73. The Bertz CT molecular complexity index is 380. The predicted octanol–water partition coefficient (Wildman–Crippen LogP) is 0.417. The van der Waals surface area contributed by atoms with E-state index in [0.717, 1.165) is 32.5 Å². The lowest BCUT2D eigenvalue weighted by atomic mass is 10.1. The van der Waals surface area contributed by atoms with Crippen LogP contribution in [0.2, 0.25) is 0 Å². The zero-order valence-electron chi connectivity index (χ0n) is 10.4. The molecule has 1 unspecified atom stereocenters. The van der Waals surface area contributed by atoms with Crippen molar-refractivity contribution in [1.82, 2.24) is 4.90 Å². The Balaban J connectivity index is 1.81. The van der Waals surface area contributed by atoms with Gasteiger partial charge < -0.3 is 14.6 Å². The van der Waals surface area contributed by atoms with Crippen LogP contribution in [-0.2, 0) is 16.1 Å². The molecule has 1 atom stereocenters. The molecule has 0 aliphatic carbocycles. The number of aliphatic carboxylic acids is 1. The van der Waals surface area contributed by atoms with E-state index in [2.05, 4.69) is 17.0 Å². The van der Waals surface area contributed by atoms with Crippen LogP contribution in [-0.4, -0.2) is 36.7 Å². The number of likely N-dealkylation sites (tertiary alicyclic amines) is 1. The lowest BCUT2D eigenvalue weighted by Gasteiger charge is -2.32. The molecule has 0 spiro atoms. The Morgan fingerprint density at radius 3 is 2.89 bits per heavy atom. The number of carbonyl (C=O) groups is 1. The van der Waals surface area contributed by atoms with E-state index in [-0.39, 0.29) is 12.7 Å². The maximum atomic E-state index is 10.4. The van der Waals surface area contributed by atoms with Crippen LogP contribution in [0.1, 0.15) is 18.4 Å². The van der Waals surface area contributed by atoms with Crippen LogP contribution in [0.15, 0.2) is 30.3 Å². The number of rotatable bonds is 5. The second-order valence-corrected chi connectivity index (χ2v) is 4.67. The third kappa shape index (κ3) is 4.13. The fraction of sp³-hybridized carbons (Fsp3) is 0.500. The highest BCUT2D eigenvalue weighted by Crippen LogP contribution is 2.15. The fourth-order valence-corrected chi connectivity index (χ4v) is 2.32. The van der Waals surface area contributed by atoms with E-state index in [4.69, 9.17) is 4.74 Å². The Morgan fingerprint density at radius 2 is 2.17 bits per heavy atom. The molecular weight excluding hydrogens is 230 g/mol. The Labute approximate surface area is 107 Å². The summed E-state index contributed by atoms with van der Waals surface area (Å²) in [6, 6.07) is 10.3. The summed E-state index contributed by atoms with van der Waals surface area (Å²) in [6.07, 6.45) is 1.99. The van der Waals surface area contributed by atoms with Crippen molar-refractivity contribution in [2.24, 2.45) is 0 Å². The number of hydrogen-bond donors (Lipinski definition) is 0. The van der Waals surface area contributed by atoms with Crippen LogP contribution in [0.3, 0.4) is 0 Å². The molecule has 1 heterocycles. The van der Waals surface area contributed by atoms with Gasteiger partial charge in [0, 0.05) is 13.1 Å². The van der Waals surface area contributed by atoms with E-state index in [9.17, 15) is 9.90 Å². The first-order valence-electron chi connectivity index (χ1n) is 6.32. The molecule has 1 fully saturated rings. The average molecular weight is 248 g/mol. The zero-order chi connectivity index (χ0) is 12.8. The van der Waals surface area contributed by atoms with Crippen molar-refractivity contribution in [1.29, 1.82) is 0 Å². The summed E-state index contributed by atoms with van der Waals surface area (Å²) >= 11 is 0. The molecule has 4 heteroatoms. The van der Waals surface area contributed by atoms with E-state index in [1.54, 1.807) is 0 Å². The first-order chi connectivity index (χ1) is 8.74. The molecule has 1 aromatic carbocycles. The van der Waals surface area contributed by atoms with Gasteiger partial charge in [0.2, 0.25) is 0 Å². The number of carbonyl (C=O) groups excluding carboxylic acids is 1. The lowest BCUT2D eigenvalue weighted by Crippen LogP contribution is -2.41. The number of benzene rings is 1. The molecule has 0 aromatic heterocycles. The summed E-state index contributed by atoms with van der Waals surface area (Å²) in [7, 11) is 0. The van der Waals surface area contributed by atoms with Gasteiger partial charge >= 0.3 is 0 Å². The number of ether oxygens (including phenoxy) is 1. The normalized spacial score (nSPS) is 20.8. The van der Waals surface area contributed by atoms with E-state index in [1.807, 2.05) is 18.2 Å². The highest BCUT2D eigenvalue weighted by molar-refractivity contribution is 5.65. The third-order valence-corrected chi connectivity index (χ3v) is 3.15. The molecule has 0 radical (unpaired) electrons. The van der Waals surface area contributed by atoms with Gasteiger partial charge in [-0.3, -0.25) is 4.90 Å². The topological polar surface area (TPSA) is 52.6 Å². The van der Waals surface area contributed by atoms with Crippen molar-refractivity contribution in [3.8, 4) is 0 Å². The minimum absolute atomic E-state index is 0.0142. The van der Waals surface area contributed by atoms with Gasteiger partial charge in [-0.2, -0.15) is 0 Å². The highest BCUT2D eigenvalue weighted by atomic mass is 16.5. The van der Waals surface area contributed by atoms with Gasteiger partial charge in [0.25, 0.3) is 0 Å². The zero-order valence-corrected chi connectivity index (χ0v) is 10.4. The van der Waals surface area contributed by atoms with Gasteiger partial charge in [-0.15, -0.1) is 0 Å². The van der Waals surface area contributed by atoms with Crippen LogP contribution < -0.4 is 5.11 Å². The van der Waals surface area contributed by atoms with Crippen molar-refractivity contribution in [3.05, 3.63) is 35.9 Å². The summed E-state index contributed by atoms with van der Waals surface area (Å²) in [5, 5.41) is 10.4. The molecule has 0 saturated carbocycles. The SMILES string of the molecule is O=C([O-])COC1CCCN(Cc2ccccc2)C1. The number of carboxylic acid groups (broad SMARTS) is 1. The second kappa shape index (κ2) is 6.52. The standard InChI is InChI=1S/C14H19NO3/c16-14(17)11-18-13-7-4-8-15(10-13)9-12-5-2-1-3-6-12/h1-3,5-6,13H,4,7-11H2,(H,16,17)/p-1. The average Bonchev–Trinajstić information content (AvgIpc) is 2.38. The first kappa shape index (κ1) is 13.1. The Hall–Kier alpha value is -1.39. The summed E-state index contributed by atoms with van der Waals surface area (Å²) in [6.45, 7) is 2.43. The van der Waals surface area contributed by atoms with Gasteiger partial charge in [0.05, 0.1) is 18.7 Å². The molecule has 18 heavy (non-hydrogen) atoms. The van der Waals surface area contributed by atoms with Crippen molar-refractivity contribution in [2.75, 3.05) is 19.7 Å². The minimum Gasteiger partial charge on any atom is -0.548 e. The first-order valence-corrected chi connectivity index (χ1v) is 6.32. The predicted molar refractivity (Wildman–Crippen MR) is 65.7 cm³/mol. The maximum absolute atomic E-state index is 10.4. The smallest absolute Gasteiger partial charge is 0.0865 e. The highest BCUT2D eigenvalue weighted by Gasteiger charge is 2.20. The van der Waals surface area contributed by atoms with E-state index < -0.39 is 5.97 Å². The van der Waals surface area contributed by atoms with Crippen molar-refractivity contribution >= 4 is 5.97 Å². The molecule has 1 saturated heterocycles. The van der Waals surface area contributed by atoms with Gasteiger partial charge in [-0.25, -0.2) is 0 Å². The van der Waals surface area contributed by atoms with E-state index >= 15 is 0 Å². The van der Waals surface area contributed by atoms with Crippen LogP contribution in [0.5, 0.6) is 0 Å². The number of nitrogens with zero attached hydrogens (tertiary/aromatic N) is 1. The largest absolute Gasteiger partial charge is 0.548 e. The van der Waals surface area contributed by atoms with E-state index in [1.165, 1.54) is 5.56 Å². The molecule has 0 amide bonds. The van der Waals surface area contributed by atoms with Gasteiger partial charge in [0.15, 0.2) is 0 Å². The van der Waals surface area contributed by atoms with Gasteiger partial charge in [-0.1, -0.05) is 30.3 Å². The van der Waals surface area contributed by atoms with Crippen LogP contribution >= 0.6 is 0 Å². The number of carboxylic acids is 1. The molecule has 4 nitrogen and oxygen atoms in total. The maximum Gasteiger partial charge on any atom is 0.0865 e. The Morgan fingerprint density at radius 1 is 1.39 bits per heavy atom. The van der Waals surface area contributed by atoms with Crippen LogP contribution in [0, 0.1) is 0 Å². The van der Waals surface area contributed by atoms with Gasteiger partial charge in [0.1, 0.15) is 0 Å². The number of hydrogen-bond acceptors (Lipinski definition) is 4. The molecule has 0 bridgehead atoms. The molecule has 0 N–H and O–H groups in total. The quantitative estimate of drug-likeness (QED) is 0.757. The third-order valence-electron chi connectivity index (χ3n) is 3.15. The lowest BCUT2D eigenvalue weighted by molar-refractivity contribution is -0.310. The van der Waals surface area contributed by atoms with Gasteiger partial charge in [-0.05, 0) is 24.9 Å². The van der Waals surface area contributed by atoms with Crippen molar-refractivity contribution in [2.45, 2.75) is 25.5 Å². The van der Waals surface area contributed by atoms with Crippen molar-refractivity contribution < 1.29 is 14.6 Å². The van der Waals surface area contributed by atoms with Crippen molar-refractivity contribution in [3.63, 3.8) is 0 Å².